The maximum atomic E-state index is 10.7. The normalized spacial score (nSPS) is 11.8. The van der Waals surface area contributed by atoms with Gasteiger partial charge in [0.25, 0.3) is 0 Å². The van der Waals surface area contributed by atoms with Crippen molar-refractivity contribution in [2.75, 3.05) is 23.7 Å². The molecule has 2 rings (SSSR count). The van der Waals surface area contributed by atoms with Crippen LogP contribution >= 0.6 is 0 Å². The quantitative estimate of drug-likeness (QED) is 0.180. The molecule has 0 spiro atoms. The van der Waals surface area contributed by atoms with E-state index in [0.717, 1.165) is 18.7 Å². The van der Waals surface area contributed by atoms with E-state index in [-0.39, 0.29) is 5.75 Å². The van der Waals surface area contributed by atoms with Crippen molar-refractivity contribution >= 4 is 28.0 Å². The molecule has 0 saturated carbocycles. The summed E-state index contributed by atoms with van der Waals surface area (Å²) < 4.78 is 34.0. The molecule has 0 amide bonds. The number of unbranched alkanes of at least 4 members (excludes halogenated alkanes) is 5. The van der Waals surface area contributed by atoms with Gasteiger partial charge in [0.1, 0.15) is 6.54 Å². The van der Waals surface area contributed by atoms with E-state index < -0.39 is 10.1 Å². The lowest BCUT2D eigenvalue weighted by Gasteiger charge is -2.25. The average Bonchev–Trinajstić information content (AvgIpc) is 2.80. The number of nitrogens with zero attached hydrogens (tertiary/aromatic N) is 2. The van der Waals surface area contributed by atoms with Gasteiger partial charge in [0.15, 0.2) is 12.4 Å². The number of hydrogen-bond acceptors (Lipinski definition) is 4. The zero-order valence-corrected chi connectivity index (χ0v) is 21.1. The van der Waals surface area contributed by atoms with Gasteiger partial charge >= 0.3 is 0 Å². The highest BCUT2D eigenvalue weighted by atomic mass is 32.2. The molecular weight excluding hydrogens is 432 g/mol. The van der Waals surface area contributed by atoms with Crippen molar-refractivity contribution < 1.29 is 17.5 Å². The first-order valence-electron chi connectivity index (χ1n) is 12.4. The Hall–Kier alpha value is -2.18. The highest BCUT2D eigenvalue weighted by Crippen LogP contribution is 2.19. The lowest BCUT2D eigenvalue weighted by Crippen LogP contribution is -2.32. The van der Waals surface area contributed by atoms with Crippen molar-refractivity contribution in [1.29, 1.82) is 0 Å². The highest BCUT2D eigenvalue weighted by molar-refractivity contribution is 7.85. The summed E-state index contributed by atoms with van der Waals surface area (Å²) in [5.41, 5.74) is 3.60. The lowest BCUT2D eigenvalue weighted by atomic mass is 10.1. The minimum Gasteiger partial charge on any atom is -0.748 e. The van der Waals surface area contributed by atoms with E-state index in [4.69, 9.17) is 0 Å². The number of aromatic nitrogens is 1. The molecule has 1 aromatic heterocycles. The lowest BCUT2D eigenvalue weighted by molar-refractivity contribution is -0.697. The molecule has 1 heterocycles. The second-order valence-electron chi connectivity index (χ2n) is 8.66. The van der Waals surface area contributed by atoms with Crippen molar-refractivity contribution in [3.63, 3.8) is 0 Å². The predicted octanol–water partition coefficient (Wildman–Crippen LogP) is 5.66. The van der Waals surface area contributed by atoms with Crippen LogP contribution < -0.4 is 9.47 Å². The molecule has 5 nitrogen and oxygen atoms in total. The van der Waals surface area contributed by atoms with Gasteiger partial charge < -0.3 is 9.45 Å². The van der Waals surface area contributed by atoms with E-state index >= 15 is 0 Å². The van der Waals surface area contributed by atoms with Gasteiger partial charge in [-0.15, -0.1) is 0 Å². The number of rotatable bonds is 16. The van der Waals surface area contributed by atoms with Gasteiger partial charge in [0, 0.05) is 43.1 Å². The fourth-order valence-electron chi connectivity index (χ4n) is 3.77. The maximum absolute atomic E-state index is 10.7. The average molecular weight is 473 g/mol. The van der Waals surface area contributed by atoms with Gasteiger partial charge in [-0.05, 0) is 42.5 Å². The topological polar surface area (TPSA) is 64.3 Å². The number of aryl methyl sites for hydroxylation is 1. The molecule has 2 aromatic rings. The summed E-state index contributed by atoms with van der Waals surface area (Å²) in [5.74, 6) is -0.289. The minimum atomic E-state index is -4.11. The smallest absolute Gasteiger partial charge is 0.169 e. The Morgan fingerprint density at radius 1 is 0.788 bits per heavy atom. The number of pyridine rings is 1. The Balaban J connectivity index is 1.89. The van der Waals surface area contributed by atoms with E-state index in [1.807, 2.05) is 29.1 Å². The molecule has 0 N–H and O–H groups in total. The van der Waals surface area contributed by atoms with Crippen LogP contribution in [0.2, 0.25) is 0 Å². The van der Waals surface area contributed by atoms with Crippen LogP contribution in [0.15, 0.2) is 48.8 Å². The summed E-state index contributed by atoms with van der Waals surface area (Å²) in [7, 11) is -4.11. The maximum Gasteiger partial charge on any atom is 0.169 e. The molecule has 0 bridgehead atoms. The van der Waals surface area contributed by atoms with E-state index in [9.17, 15) is 13.0 Å². The van der Waals surface area contributed by atoms with Crippen molar-refractivity contribution in [3.8, 4) is 0 Å². The van der Waals surface area contributed by atoms with Crippen molar-refractivity contribution in [1.82, 2.24) is 0 Å². The molecule has 0 aliphatic heterocycles. The van der Waals surface area contributed by atoms with Crippen molar-refractivity contribution in [2.45, 2.75) is 71.8 Å². The Kier molecular flexibility index (Phi) is 12.2. The molecule has 0 radical (unpaired) electrons. The summed E-state index contributed by atoms with van der Waals surface area (Å²) in [4.78, 5) is 2.53. The second-order valence-corrected chi connectivity index (χ2v) is 10.2. The molecule has 33 heavy (non-hydrogen) atoms. The standard InChI is InChI=1S/C27H40N2O3S/c1-3-5-7-20-29(21-8-6-4-2)27-15-13-25(14-16-27)11-12-26-17-22-28(23-18-26)19-9-10-24-33(30,31)32/h11-18,22-23H,3-10,19-21,24H2,1-2H3. The SMILES string of the molecule is CCCCCN(CCCCC)c1ccc(/C=C/c2cc[n+](CCCCS(=O)(=O)[O-])cc2)cc1. The monoisotopic (exact) mass is 472 g/mol. The molecule has 0 atom stereocenters. The molecule has 6 heteroatoms. The molecule has 0 fully saturated rings. The van der Waals surface area contributed by atoms with E-state index in [1.165, 1.54) is 49.8 Å². The Morgan fingerprint density at radius 3 is 1.85 bits per heavy atom. The summed E-state index contributed by atoms with van der Waals surface area (Å²) in [6.45, 7) is 7.46. The molecule has 0 aliphatic carbocycles. The van der Waals surface area contributed by atoms with Crippen LogP contribution in [0.5, 0.6) is 0 Å². The van der Waals surface area contributed by atoms with Crippen molar-refractivity contribution in [2.24, 2.45) is 0 Å². The van der Waals surface area contributed by atoms with Crippen molar-refractivity contribution in [3.05, 3.63) is 59.9 Å². The molecule has 0 saturated heterocycles. The molecule has 1 aromatic carbocycles. The van der Waals surface area contributed by atoms with E-state index in [0.29, 0.717) is 19.4 Å². The summed E-state index contributed by atoms with van der Waals surface area (Å²) >= 11 is 0. The Labute approximate surface area is 200 Å². The van der Waals surface area contributed by atoms with Crippen LogP contribution in [0.1, 0.15) is 76.3 Å². The summed E-state index contributed by atoms with van der Waals surface area (Å²) in [6.07, 6.45) is 16.8. The second kappa shape index (κ2) is 14.9. The predicted molar refractivity (Wildman–Crippen MR) is 137 cm³/mol. The third-order valence-electron chi connectivity index (χ3n) is 5.77. The Morgan fingerprint density at radius 2 is 1.33 bits per heavy atom. The first-order chi connectivity index (χ1) is 15.9. The zero-order valence-electron chi connectivity index (χ0n) is 20.3. The third-order valence-corrected chi connectivity index (χ3v) is 6.56. The molecular formula is C27H40N2O3S. The zero-order chi connectivity index (χ0) is 23.9. The molecule has 182 valence electrons. The van der Waals surface area contributed by atoms with E-state index in [2.05, 4.69) is 55.2 Å². The van der Waals surface area contributed by atoms with Crippen LogP contribution in [-0.2, 0) is 16.7 Å². The summed E-state index contributed by atoms with van der Waals surface area (Å²) in [6, 6.07) is 12.9. The van der Waals surface area contributed by atoms with Crippen LogP contribution in [-0.4, -0.2) is 31.8 Å². The van der Waals surface area contributed by atoms with Gasteiger partial charge in [0.2, 0.25) is 0 Å². The largest absolute Gasteiger partial charge is 0.748 e. The summed E-state index contributed by atoms with van der Waals surface area (Å²) in [5, 5.41) is 0. The van der Waals surface area contributed by atoms with Crippen LogP contribution in [0, 0.1) is 0 Å². The first kappa shape index (κ1) is 27.1. The minimum absolute atomic E-state index is 0.289. The molecule has 0 unspecified atom stereocenters. The van der Waals surface area contributed by atoms with Crippen LogP contribution in [0.4, 0.5) is 5.69 Å². The van der Waals surface area contributed by atoms with Crippen LogP contribution in [0.3, 0.4) is 0 Å². The first-order valence-corrected chi connectivity index (χ1v) is 13.9. The highest BCUT2D eigenvalue weighted by Gasteiger charge is 2.06. The van der Waals surface area contributed by atoms with E-state index in [1.54, 1.807) is 0 Å². The Bertz CT molecular complexity index is 913. The fourth-order valence-corrected chi connectivity index (χ4v) is 4.32. The van der Waals surface area contributed by atoms with Gasteiger partial charge in [0.05, 0.1) is 10.1 Å². The number of benzene rings is 1. The van der Waals surface area contributed by atoms with Gasteiger partial charge in [-0.3, -0.25) is 0 Å². The van der Waals surface area contributed by atoms with Gasteiger partial charge in [-0.1, -0.05) is 63.8 Å². The van der Waals surface area contributed by atoms with Gasteiger partial charge in [-0.2, -0.15) is 0 Å². The number of hydrogen-bond donors (Lipinski definition) is 0. The molecule has 0 aliphatic rings. The van der Waals surface area contributed by atoms with Gasteiger partial charge in [-0.25, -0.2) is 13.0 Å². The number of anilines is 1. The van der Waals surface area contributed by atoms with Crippen LogP contribution in [0.25, 0.3) is 12.2 Å². The fraction of sp³-hybridized carbons (Fsp3) is 0.519. The third kappa shape index (κ3) is 11.5.